The van der Waals surface area contributed by atoms with Crippen LogP contribution >= 0.6 is 23.2 Å². The van der Waals surface area contributed by atoms with Crippen molar-refractivity contribution in [1.82, 2.24) is 4.98 Å². The highest BCUT2D eigenvalue weighted by molar-refractivity contribution is 6.42. The highest BCUT2D eigenvalue weighted by Crippen LogP contribution is 2.25. The summed E-state index contributed by atoms with van der Waals surface area (Å²) < 4.78 is 0. The van der Waals surface area contributed by atoms with Crippen LogP contribution in [0.4, 0.5) is 5.69 Å². The maximum absolute atomic E-state index is 12.4. The molecule has 3 rings (SSSR count). The van der Waals surface area contributed by atoms with E-state index in [1.807, 2.05) is 37.3 Å². The maximum Gasteiger partial charge on any atom is 0.255 e. The fourth-order valence-corrected chi connectivity index (χ4v) is 2.50. The first-order valence-electron chi connectivity index (χ1n) is 6.67. The monoisotopic (exact) mass is 330 g/mol. The van der Waals surface area contributed by atoms with Crippen molar-refractivity contribution in [3.05, 3.63) is 69.8 Å². The third-order valence-electron chi connectivity index (χ3n) is 3.30. The van der Waals surface area contributed by atoms with Gasteiger partial charge in [0.2, 0.25) is 0 Å². The quantitative estimate of drug-likeness (QED) is 0.710. The molecule has 3 aromatic rings. The minimum Gasteiger partial charge on any atom is -0.321 e. The first-order chi connectivity index (χ1) is 10.5. The molecule has 0 radical (unpaired) electrons. The number of hydrogen-bond donors (Lipinski definition) is 1. The summed E-state index contributed by atoms with van der Waals surface area (Å²) in [6.45, 7) is 1.93. The highest BCUT2D eigenvalue weighted by Gasteiger charge is 2.10. The molecule has 0 saturated heterocycles. The first-order valence-corrected chi connectivity index (χ1v) is 7.43. The number of aromatic nitrogens is 1. The lowest BCUT2D eigenvalue weighted by Gasteiger charge is -2.09. The summed E-state index contributed by atoms with van der Waals surface area (Å²) in [5, 5.41) is 4.55. The van der Waals surface area contributed by atoms with E-state index < -0.39 is 0 Å². The number of halogens is 2. The van der Waals surface area contributed by atoms with Crippen LogP contribution in [0.1, 0.15) is 16.1 Å². The minimum absolute atomic E-state index is 0.244. The van der Waals surface area contributed by atoms with Crippen molar-refractivity contribution in [3.8, 4) is 0 Å². The molecule has 0 saturated carbocycles. The molecule has 0 bridgehead atoms. The second-order valence-electron chi connectivity index (χ2n) is 4.91. The van der Waals surface area contributed by atoms with Gasteiger partial charge in [-0.15, -0.1) is 0 Å². The molecule has 3 nitrogen and oxygen atoms in total. The number of anilines is 1. The molecule has 110 valence electrons. The van der Waals surface area contributed by atoms with Gasteiger partial charge in [0.1, 0.15) is 0 Å². The number of carbonyl (C=O) groups excluding carboxylic acids is 1. The van der Waals surface area contributed by atoms with Gasteiger partial charge >= 0.3 is 0 Å². The molecule has 0 aliphatic rings. The summed E-state index contributed by atoms with van der Waals surface area (Å²) >= 11 is 11.8. The van der Waals surface area contributed by atoms with Crippen LogP contribution in [-0.4, -0.2) is 10.9 Å². The topological polar surface area (TPSA) is 42.0 Å². The average molecular weight is 331 g/mol. The standard InChI is InChI=1S/C17H12Cl2N2O/c1-10-5-7-12-15(20-10)3-2-4-16(12)21-17(22)11-6-8-13(18)14(19)9-11/h2-9H,1H3,(H,21,22). The smallest absolute Gasteiger partial charge is 0.255 e. The molecule has 0 atom stereocenters. The normalized spacial score (nSPS) is 10.7. The molecule has 0 aliphatic carbocycles. The SMILES string of the molecule is Cc1ccc2c(NC(=O)c3ccc(Cl)c(Cl)c3)cccc2n1. The maximum atomic E-state index is 12.4. The lowest BCUT2D eigenvalue weighted by atomic mass is 10.1. The van der Waals surface area contributed by atoms with Gasteiger partial charge < -0.3 is 5.32 Å². The largest absolute Gasteiger partial charge is 0.321 e. The van der Waals surface area contributed by atoms with E-state index in [2.05, 4.69) is 10.3 Å². The van der Waals surface area contributed by atoms with Crippen molar-refractivity contribution in [3.63, 3.8) is 0 Å². The van der Waals surface area contributed by atoms with E-state index >= 15 is 0 Å². The van der Waals surface area contributed by atoms with E-state index in [0.717, 1.165) is 16.6 Å². The minimum atomic E-state index is -0.244. The van der Waals surface area contributed by atoms with Crippen molar-refractivity contribution in [2.75, 3.05) is 5.32 Å². The molecule has 1 aromatic heterocycles. The second kappa shape index (κ2) is 5.95. The third-order valence-corrected chi connectivity index (χ3v) is 4.04. The van der Waals surface area contributed by atoms with Crippen molar-refractivity contribution in [2.24, 2.45) is 0 Å². The molecular weight excluding hydrogens is 319 g/mol. The van der Waals surface area contributed by atoms with E-state index in [1.165, 1.54) is 0 Å². The molecule has 1 amide bonds. The Morgan fingerprint density at radius 2 is 1.86 bits per heavy atom. The molecule has 0 aliphatic heterocycles. The van der Waals surface area contributed by atoms with Gasteiger partial charge in [-0.2, -0.15) is 0 Å². The van der Waals surface area contributed by atoms with Crippen molar-refractivity contribution < 1.29 is 4.79 Å². The Morgan fingerprint density at radius 3 is 2.64 bits per heavy atom. The van der Waals surface area contributed by atoms with Crippen LogP contribution < -0.4 is 5.32 Å². The van der Waals surface area contributed by atoms with Crippen molar-refractivity contribution >= 4 is 45.7 Å². The van der Waals surface area contributed by atoms with Crippen LogP contribution in [0.2, 0.25) is 10.0 Å². The van der Waals surface area contributed by atoms with Gasteiger partial charge in [0, 0.05) is 16.6 Å². The Hall–Kier alpha value is -2.10. The molecule has 0 unspecified atom stereocenters. The van der Waals surface area contributed by atoms with Crippen LogP contribution in [-0.2, 0) is 0 Å². The van der Waals surface area contributed by atoms with E-state index in [-0.39, 0.29) is 5.91 Å². The zero-order chi connectivity index (χ0) is 15.7. The number of nitrogens with one attached hydrogen (secondary N) is 1. The number of amides is 1. The zero-order valence-electron chi connectivity index (χ0n) is 11.7. The van der Waals surface area contributed by atoms with E-state index in [0.29, 0.717) is 21.3 Å². The number of aryl methyl sites for hydroxylation is 1. The molecule has 1 heterocycles. The van der Waals surface area contributed by atoms with Crippen LogP contribution in [0.3, 0.4) is 0 Å². The lowest BCUT2D eigenvalue weighted by Crippen LogP contribution is -2.12. The van der Waals surface area contributed by atoms with Gasteiger partial charge in [0.15, 0.2) is 0 Å². The third kappa shape index (κ3) is 2.91. The zero-order valence-corrected chi connectivity index (χ0v) is 13.2. The Labute approximate surface area is 137 Å². The van der Waals surface area contributed by atoms with Gasteiger partial charge in [0.05, 0.1) is 21.2 Å². The molecule has 2 aromatic carbocycles. The summed E-state index contributed by atoms with van der Waals surface area (Å²) in [5.41, 5.74) is 2.93. The van der Waals surface area contributed by atoms with Crippen molar-refractivity contribution in [1.29, 1.82) is 0 Å². The summed E-state index contributed by atoms with van der Waals surface area (Å²) in [5.74, 6) is -0.244. The second-order valence-corrected chi connectivity index (χ2v) is 5.72. The van der Waals surface area contributed by atoms with Gasteiger partial charge in [0.25, 0.3) is 5.91 Å². The number of nitrogens with zero attached hydrogens (tertiary/aromatic N) is 1. The lowest BCUT2D eigenvalue weighted by molar-refractivity contribution is 0.102. The van der Waals surface area contributed by atoms with Gasteiger partial charge in [-0.3, -0.25) is 9.78 Å². The molecule has 1 N–H and O–H groups in total. The predicted octanol–water partition coefficient (Wildman–Crippen LogP) is 5.10. The fourth-order valence-electron chi connectivity index (χ4n) is 2.20. The molecule has 5 heteroatoms. The molecule has 22 heavy (non-hydrogen) atoms. The number of hydrogen-bond acceptors (Lipinski definition) is 2. The Bertz CT molecular complexity index is 878. The van der Waals surface area contributed by atoms with E-state index in [4.69, 9.17) is 23.2 Å². The molecule has 0 fully saturated rings. The number of pyridine rings is 1. The summed E-state index contributed by atoms with van der Waals surface area (Å²) in [6.07, 6.45) is 0. The molecule has 0 spiro atoms. The number of carbonyl (C=O) groups is 1. The average Bonchev–Trinajstić information content (AvgIpc) is 2.50. The highest BCUT2D eigenvalue weighted by atomic mass is 35.5. The first kappa shape index (κ1) is 14.8. The van der Waals surface area contributed by atoms with Crippen LogP contribution in [0.5, 0.6) is 0 Å². The van der Waals surface area contributed by atoms with Crippen molar-refractivity contribution in [2.45, 2.75) is 6.92 Å². The number of fused-ring (bicyclic) bond motifs is 1. The summed E-state index contributed by atoms with van der Waals surface area (Å²) in [6, 6.07) is 14.3. The number of rotatable bonds is 2. The van der Waals surface area contributed by atoms with Crippen LogP contribution in [0.25, 0.3) is 10.9 Å². The van der Waals surface area contributed by atoms with Gasteiger partial charge in [-0.25, -0.2) is 0 Å². The Balaban J connectivity index is 1.95. The predicted molar refractivity (Wildman–Crippen MR) is 90.9 cm³/mol. The molecular formula is C17H12Cl2N2O. The summed E-state index contributed by atoms with van der Waals surface area (Å²) in [7, 11) is 0. The van der Waals surface area contributed by atoms with Crippen LogP contribution in [0, 0.1) is 6.92 Å². The summed E-state index contributed by atoms with van der Waals surface area (Å²) in [4.78, 5) is 16.8. The fraction of sp³-hybridized carbons (Fsp3) is 0.0588. The van der Waals surface area contributed by atoms with E-state index in [9.17, 15) is 4.79 Å². The Kier molecular flexibility index (Phi) is 4.01. The Morgan fingerprint density at radius 1 is 1.05 bits per heavy atom. The van der Waals surface area contributed by atoms with E-state index in [1.54, 1.807) is 18.2 Å². The van der Waals surface area contributed by atoms with Gasteiger partial charge in [-0.05, 0) is 49.4 Å². The van der Waals surface area contributed by atoms with Gasteiger partial charge in [-0.1, -0.05) is 29.3 Å². The van der Waals surface area contributed by atoms with Crippen LogP contribution in [0.15, 0.2) is 48.5 Å². The number of benzene rings is 2.